The lowest BCUT2D eigenvalue weighted by atomic mass is 9.80. The summed E-state index contributed by atoms with van der Waals surface area (Å²) in [5.74, 6) is 15.6. The molecule has 2 unspecified atom stereocenters. The molecule has 0 aromatic heterocycles. The number of terminal acetylenes is 3. The zero-order valence-corrected chi connectivity index (χ0v) is 27.6. The Labute approximate surface area is 239 Å². The molecule has 2 atom stereocenters. The summed E-state index contributed by atoms with van der Waals surface area (Å²) in [6.45, 7) is 30.4. The van der Waals surface area contributed by atoms with Gasteiger partial charge in [0, 0.05) is 10.8 Å². The Kier molecular flexibility index (Phi) is 21.8. The lowest BCUT2D eigenvalue weighted by Gasteiger charge is -2.23. The van der Waals surface area contributed by atoms with E-state index in [1.54, 1.807) is 27.7 Å². The summed E-state index contributed by atoms with van der Waals surface area (Å²) in [5, 5.41) is 26.7. The van der Waals surface area contributed by atoms with Gasteiger partial charge in [0.25, 0.3) is 0 Å². The van der Waals surface area contributed by atoms with Gasteiger partial charge in [0.2, 0.25) is 0 Å². The van der Waals surface area contributed by atoms with E-state index in [1.807, 2.05) is 20.8 Å². The van der Waals surface area contributed by atoms with Gasteiger partial charge < -0.3 is 15.3 Å². The van der Waals surface area contributed by atoms with Crippen LogP contribution in [0.15, 0.2) is 0 Å². The molecule has 0 radical (unpaired) electrons. The summed E-state index contributed by atoms with van der Waals surface area (Å²) in [6, 6.07) is 0. The molecule has 0 aliphatic heterocycles. The molecule has 3 nitrogen and oxygen atoms in total. The lowest BCUT2D eigenvalue weighted by molar-refractivity contribution is 0.0977. The third-order valence-corrected chi connectivity index (χ3v) is 5.05. The second kappa shape index (κ2) is 19.2. The molecule has 38 heavy (non-hydrogen) atoms. The van der Waals surface area contributed by atoms with Gasteiger partial charge in [-0.1, -0.05) is 78.1 Å². The van der Waals surface area contributed by atoms with Crippen molar-refractivity contribution < 1.29 is 15.3 Å². The van der Waals surface area contributed by atoms with Gasteiger partial charge in [0.05, 0.1) is 0 Å². The minimum Gasteiger partial charge on any atom is -0.378 e. The maximum Gasteiger partial charge on any atom is 0.122 e. The molecule has 3 heteroatoms. The number of hydrogen-bond donors (Lipinski definition) is 3. The fourth-order valence-electron chi connectivity index (χ4n) is 3.44. The van der Waals surface area contributed by atoms with Crippen molar-refractivity contribution in [1.82, 2.24) is 0 Å². The van der Waals surface area contributed by atoms with Gasteiger partial charge in [-0.25, -0.2) is 0 Å². The van der Waals surface area contributed by atoms with Crippen molar-refractivity contribution in [3.63, 3.8) is 0 Å². The maximum atomic E-state index is 9.26. The molecule has 0 aliphatic rings. The van der Waals surface area contributed by atoms with E-state index in [0.717, 1.165) is 11.8 Å². The smallest absolute Gasteiger partial charge is 0.122 e. The summed E-state index contributed by atoms with van der Waals surface area (Å²) in [6.07, 6.45) is 18.4. The molecular formula is C35H62O3. The van der Waals surface area contributed by atoms with Crippen LogP contribution in [-0.2, 0) is 0 Å². The number of hydrogen-bond acceptors (Lipinski definition) is 3. The second-order valence-electron chi connectivity index (χ2n) is 13.7. The van der Waals surface area contributed by atoms with E-state index in [2.05, 4.69) is 85.0 Å². The summed E-state index contributed by atoms with van der Waals surface area (Å²) in [7, 11) is 0. The van der Waals surface area contributed by atoms with Crippen LogP contribution in [0.5, 0.6) is 0 Å². The van der Waals surface area contributed by atoms with Crippen LogP contribution in [0.4, 0.5) is 0 Å². The Morgan fingerprint density at radius 3 is 0.895 bits per heavy atom. The summed E-state index contributed by atoms with van der Waals surface area (Å²) in [4.78, 5) is 0. The molecule has 0 heterocycles. The fourth-order valence-corrected chi connectivity index (χ4v) is 3.44. The third-order valence-electron chi connectivity index (χ3n) is 5.05. The highest BCUT2D eigenvalue weighted by Gasteiger charge is 2.20. The zero-order valence-electron chi connectivity index (χ0n) is 27.6. The van der Waals surface area contributed by atoms with E-state index in [4.69, 9.17) is 29.5 Å². The van der Waals surface area contributed by atoms with Crippen LogP contribution in [0.25, 0.3) is 0 Å². The topological polar surface area (TPSA) is 60.7 Å². The largest absolute Gasteiger partial charge is 0.378 e. The van der Waals surface area contributed by atoms with Gasteiger partial charge in [-0.2, -0.15) is 0 Å². The SMILES string of the molecule is C#CC(C)(C)O.C#CC(C)(O)CC.C#CC(C)(O)CC(C)C.CC(C)CC(C)(C)C#CC(C)(C)CC(C)C. The van der Waals surface area contributed by atoms with Gasteiger partial charge >= 0.3 is 0 Å². The molecule has 0 bridgehead atoms. The first kappa shape index (κ1) is 43.2. The van der Waals surface area contributed by atoms with E-state index < -0.39 is 16.8 Å². The predicted molar refractivity (Wildman–Crippen MR) is 168 cm³/mol. The Morgan fingerprint density at radius 1 is 0.526 bits per heavy atom. The minimum atomic E-state index is -0.931. The molecule has 0 aromatic rings. The van der Waals surface area contributed by atoms with Crippen molar-refractivity contribution in [2.45, 2.75) is 146 Å². The standard InChI is InChI=1S/C16H30.C8H14O.C6H10O.C5H8O/c1-13(2)11-15(5,6)9-10-16(7,8)12-14(3)4;1-5-8(4,9)6-7(2)3;1-4-6(3,7)5-2;1-4-5(2,3)6/h13-14H,11-12H2,1-8H3;1,7,9H,6H2,2-4H3;1,7H,5H2,2-3H3;1,6H,2-3H3. The second-order valence-corrected chi connectivity index (χ2v) is 13.7. The van der Waals surface area contributed by atoms with Crippen LogP contribution in [0.3, 0.4) is 0 Å². The lowest BCUT2D eigenvalue weighted by Crippen LogP contribution is -2.23. The van der Waals surface area contributed by atoms with E-state index in [-0.39, 0.29) is 10.8 Å². The van der Waals surface area contributed by atoms with E-state index in [0.29, 0.717) is 18.8 Å². The first-order chi connectivity index (χ1) is 16.7. The fraction of sp³-hybridized carbons (Fsp3) is 0.771. The van der Waals surface area contributed by atoms with Gasteiger partial charge in [0.15, 0.2) is 0 Å². The Balaban J connectivity index is -0.000000222. The van der Waals surface area contributed by atoms with Crippen molar-refractivity contribution in [3.8, 4) is 48.9 Å². The van der Waals surface area contributed by atoms with Crippen LogP contribution >= 0.6 is 0 Å². The molecular weight excluding hydrogens is 468 g/mol. The Bertz CT molecular complexity index is 773. The molecule has 0 aromatic carbocycles. The van der Waals surface area contributed by atoms with Gasteiger partial charge in [0.1, 0.15) is 16.8 Å². The molecule has 0 spiro atoms. The summed E-state index contributed by atoms with van der Waals surface area (Å²) >= 11 is 0. The molecule has 0 aliphatic carbocycles. The van der Waals surface area contributed by atoms with E-state index in [9.17, 15) is 5.11 Å². The molecule has 220 valence electrons. The van der Waals surface area contributed by atoms with Crippen molar-refractivity contribution in [2.24, 2.45) is 28.6 Å². The average Bonchev–Trinajstić information content (AvgIpc) is 2.71. The Hall–Kier alpha value is -1.88. The summed E-state index contributed by atoms with van der Waals surface area (Å²) < 4.78 is 0. The molecule has 0 amide bonds. The van der Waals surface area contributed by atoms with Crippen LogP contribution in [0.1, 0.15) is 130 Å². The molecule has 0 saturated heterocycles. The predicted octanol–water partition coefficient (Wildman–Crippen LogP) is 7.72. The highest BCUT2D eigenvalue weighted by atomic mass is 16.3. The van der Waals surface area contributed by atoms with E-state index in [1.165, 1.54) is 12.8 Å². The normalized spacial score (nSPS) is 14.3. The maximum absolute atomic E-state index is 9.26. The average molecular weight is 531 g/mol. The van der Waals surface area contributed by atoms with Gasteiger partial charge in [-0.05, 0) is 98.8 Å². The van der Waals surface area contributed by atoms with Gasteiger partial charge in [-0.15, -0.1) is 19.3 Å². The number of rotatable bonds is 7. The van der Waals surface area contributed by atoms with Crippen molar-refractivity contribution in [3.05, 3.63) is 0 Å². The van der Waals surface area contributed by atoms with E-state index >= 15 is 0 Å². The highest BCUT2D eigenvalue weighted by Crippen LogP contribution is 2.28. The first-order valence-corrected chi connectivity index (χ1v) is 13.8. The minimum absolute atomic E-state index is 0.155. The van der Waals surface area contributed by atoms with Crippen LogP contribution < -0.4 is 0 Å². The number of aliphatic hydroxyl groups is 3. The molecule has 0 rings (SSSR count). The van der Waals surface area contributed by atoms with Crippen molar-refractivity contribution in [2.75, 3.05) is 0 Å². The highest BCUT2D eigenvalue weighted by molar-refractivity contribution is 5.15. The van der Waals surface area contributed by atoms with Crippen molar-refractivity contribution >= 4 is 0 Å². The third kappa shape index (κ3) is 36.3. The molecule has 3 N–H and O–H groups in total. The first-order valence-electron chi connectivity index (χ1n) is 13.8. The van der Waals surface area contributed by atoms with Crippen LogP contribution in [0.2, 0.25) is 0 Å². The van der Waals surface area contributed by atoms with Gasteiger partial charge in [-0.3, -0.25) is 0 Å². The Morgan fingerprint density at radius 2 is 0.789 bits per heavy atom. The molecule has 0 saturated carbocycles. The zero-order chi connectivity index (χ0) is 31.6. The molecule has 0 fully saturated rings. The monoisotopic (exact) mass is 530 g/mol. The summed E-state index contributed by atoms with van der Waals surface area (Å²) in [5.41, 5.74) is -2.42. The van der Waals surface area contributed by atoms with Crippen LogP contribution in [-0.4, -0.2) is 32.1 Å². The quantitative estimate of drug-likeness (QED) is 0.295. The van der Waals surface area contributed by atoms with Crippen LogP contribution in [0, 0.1) is 77.5 Å². The van der Waals surface area contributed by atoms with Crippen molar-refractivity contribution in [1.29, 1.82) is 0 Å².